The lowest BCUT2D eigenvalue weighted by atomic mass is 10.1. The van der Waals surface area contributed by atoms with E-state index in [9.17, 15) is 9.70 Å². The number of nitrogens with zero attached hydrogens (tertiary/aromatic N) is 1. The molecule has 72 valence electrons. The number of nitroso groups, excluding NO2 is 1. The van der Waals surface area contributed by atoms with Crippen molar-refractivity contribution in [3.05, 3.63) is 46.4 Å². The number of carbonyl (C=O) groups excluding carboxylic acids is 1. The summed E-state index contributed by atoms with van der Waals surface area (Å²) in [5, 5.41) is 2.31. The molecule has 3 nitrogen and oxygen atoms in total. The fourth-order valence-corrected chi connectivity index (χ4v) is 1.11. The van der Waals surface area contributed by atoms with E-state index in [0.29, 0.717) is 0 Å². The number of hydrogen-bond acceptors (Lipinski definition) is 2. The smallest absolute Gasteiger partial charge is 0.264 e. The van der Waals surface area contributed by atoms with Gasteiger partial charge in [-0.05, 0) is 25.0 Å². The zero-order valence-electron chi connectivity index (χ0n) is 8.15. The summed E-state index contributed by atoms with van der Waals surface area (Å²) in [4.78, 5) is 20.6. The summed E-state index contributed by atoms with van der Waals surface area (Å²) in [6.45, 7) is 3.76. The maximum absolute atomic E-state index is 10.7. The maximum atomic E-state index is 10.7. The summed E-state index contributed by atoms with van der Waals surface area (Å²) in [6, 6.07) is 7.70. The fraction of sp³-hybridized carbons (Fsp3) is 0.182. The second kappa shape index (κ2) is 4.46. The monoisotopic (exact) mass is 189 g/mol. The minimum atomic E-state index is -0.747. The number of aryl methyl sites for hydroxylation is 1. The van der Waals surface area contributed by atoms with Gasteiger partial charge in [0.05, 0.1) is 0 Å². The van der Waals surface area contributed by atoms with Crippen LogP contribution in [0.4, 0.5) is 0 Å². The topological polar surface area (TPSA) is 46.5 Å². The normalized spacial score (nSPS) is 11.1. The van der Waals surface area contributed by atoms with Crippen molar-refractivity contribution in [2.45, 2.75) is 13.8 Å². The van der Waals surface area contributed by atoms with Crippen molar-refractivity contribution < 1.29 is 4.79 Å². The van der Waals surface area contributed by atoms with Crippen LogP contribution in [0.1, 0.15) is 18.1 Å². The average molecular weight is 189 g/mol. The van der Waals surface area contributed by atoms with Crippen LogP contribution in [0.2, 0.25) is 0 Å². The molecular formula is C11H11NO2. The van der Waals surface area contributed by atoms with Crippen molar-refractivity contribution in [1.29, 1.82) is 0 Å². The molecule has 0 radical (unpaired) electrons. The van der Waals surface area contributed by atoms with Crippen LogP contribution >= 0.6 is 0 Å². The van der Waals surface area contributed by atoms with Gasteiger partial charge >= 0.3 is 5.91 Å². The van der Waals surface area contributed by atoms with E-state index in [1.807, 2.05) is 31.2 Å². The highest BCUT2D eigenvalue weighted by Crippen LogP contribution is 2.14. The minimum Gasteiger partial charge on any atom is -0.264 e. The van der Waals surface area contributed by atoms with Crippen LogP contribution in [0.5, 0.6) is 0 Å². The molecule has 0 bridgehead atoms. The second-order valence-corrected chi connectivity index (χ2v) is 3.12. The molecule has 14 heavy (non-hydrogen) atoms. The van der Waals surface area contributed by atoms with Crippen LogP contribution in [0, 0.1) is 11.8 Å². The first-order chi connectivity index (χ1) is 6.63. The Bertz CT molecular complexity index is 377. The highest BCUT2D eigenvalue weighted by atomic mass is 16.3. The molecule has 0 saturated carbocycles. The van der Waals surface area contributed by atoms with Crippen LogP contribution in [-0.4, -0.2) is 5.91 Å². The molecule has 0 saturated heterocycles. The third kappa shape index (κ3) is 2.62. The van der Waals surface area contributed by atoms with Gasteiger partial charge in [-0.2, -0.15) is 0 Å². The summed E-state index contributed by atoms with van der Waals surface area (Å²) in [5.74, 6) is -0.747. The molecule has 0 N–H and O–H groups in total. The van der Waals surface area contributed by atoms with Gasteiger partial charge in [-0.15, -0.1) is 4.91 Å². The van der Waals surface area contributed by atoms with Crippen molar-refractivity contribution in [1.82, 2.24) is 0 Å². The Morgan fingerprint density at radius 2 is 1.86 bits per heavy atom. The van der Waals surface area contributed by atoms with Gasteiger partial charge in [0, 0.05) is 11.3 Å². The lowest BCUT2D eigenvalue weighted by Gasteiger charge is -2.00. The van der Waals surface area contributed by atoms with Gasteiger partial charge in [0.25, 0.3) is 0 Å². The molecule has 0 heterocycles. The predicted octanol–water partition coefficient (Wildman–Crippen LogP) is 2.69. The SMILES string of the molecule is C/C(=C\C(=O)N=O)c1ccc(C)cc1. The van der Waals surface area contributed by atoms with Gasteiger partial charge in [0.1, 0.15) is 0 Å². The van der Waals surface area contributed by atoms with Crippen LogP contribution < -0.4 is 0 Å². The summed E-state index contributed by atoms with van der Waals surface area (Å²) in [7, 11) is 0. The minimum absolute atomic E-state index is 0.745. The number of allylic oxidation sites excluding steroid dienone is 1. The molecule has 1 aromatic carbocycles. The maximum Gasteiger partial charge on any atom is 0.309 e. The predicted molar refractivity (Wildman–Crippen MR) is 55.6 cm³/mol. The molecule has 0 fully saturated rings. The molecule has 0 unspecified atom stereocenters. The number of rotatable bonds is 2. The van der Waals surface area contributed by atoms with E-state index in [-0.39, 0.29) is 0 Å². The van der Waals surface area contributed by atoms with E-state index in [4.69, 9.17) is 0 Å². The van der Waals surface area contributed by atoms with E-state index < -0.39 is 5.91 Å². The lowest BCUT2D eigenvalue weighted by molar-refractivity contribution is -0.113. The highest BCUT2D eigenvalue weighted by molar-refractivity contribution is 5.95. The summed E-state index contributed by atoms with van der Waals surface area (Å²) < 4.78 is 0. The van der Waals surface area contributed by atoms with Gasteiger partial charge < -0.3 is 0 Å². The average Bonchev–Trinajstić information content (AvgIpc) is 2.18. The molecule has 0 aliphatic heterocycles. The van der Waals surface area contributed by atoms with E-state index in [0.717, 1.165) is 16.7 Å². The summed E-state index contributed by atoms with van der Waals surface area (Å²) in [6.07, 6.45) is 1.23. The van der Waals surface area contributed by atoms with Crippen molar-refractivity contribution in [2.24, 2.45) is 5.18 Å². The molecule has 1 amide bonds. The molecule has 0 aliphatic rings. The Morgan fingerprint density at radius 3 is 2.36 bits per heavy atom. The third-order valence-corrected chi connectivity index (χ3v) is 1.94. The van der Waals surface area contributed by atoms with Crippen LogP contribution in [-0.2, 0) is 4.79 Å². The third-order valence-electron chi connectivity index (χ3n) is 1.94. The first-order valence-electron chi connectivity index (χ1n) is 4.26. The van der Waals surface area contributed by atoms with Crippen LogP contribution in [0.25, 0.3) is 5.57 Å². The number of hydrogen-bond donors (Lipinski definition) is 0. The Labute approximate surface area is 82.4 Å². The quantitative estimate of drug-likeness (QED) is 0.530. The van der Waals surface area contributed by atoms with Crippen LogP contribution in [0.15, 0.2) is 35.5 Å². The summed E-state index contributed by atoms with van der Waals surface area (Å²) in [5.41, 5.74) is 2.82. The van der Waals surface area contributed by atoms with E-state index in [2.05, 4.69) is 5.18 Å². The molecule has 0 aromatic heterocycles. The highest BCUT2D eigenvalue weighted by Gasteiger charge is 1.99. The largest absolute Gasteiger partial charge is 0.309 e. The standard InChI is InChI=1S/C11H11NO2/c1-8-3-5-10(6-4-8)9(2)7-11(13)12-14/h3-7H,1-2H3/b9-7+. The Balaban J connectivity index is 2.94. The molecule has 3 heteroatoms. The molecule has 1 rings (SSSR count). The van der Waals surface area contributed by atoms with Gasteiger partial charge in [-0.1, -0.05) is 29.8 Å². The van der Waals surface area contributed by atoms with Gasteiger partial charge in [0.15, 0.2) is 0 Å². The fourth-order valence-electron chi connectivity index (χ4n) is 1.11. The molecule has 0 spiro atoms. The number of amides is 1. The molecule has 0 aliphatic carbocycles. The summed E-state index contributed by atoms with van der Waals surface area (Å²) >= 11 is 0. The Hall–Kier alpha value is -1.77. The zero-order valence-corrected chi connectivity index (χ0v) is 8.15. The first-order valence-corrected chi connectivity index (χ1v) is 4.26. The van der Waals surface area contributed by atoms with Crippen molar-refractivity contribution in [3.63, 3.8) is 0 Å². The van der Waals surface area contributed by atoms with Gasteiger partial charge in [-0.25, -0.2) is 0 Å². The number of benzene rings is 1. The Morgan fingerprint density at radius 1 is 1.29 bits per heavy atom. The number of carbonyl (C=O) groups is 1. The van der Waals surface area contributed by atoms with E-state index in [1.165, 1.54) is 6.08 Å². The van der Waals surface area contributed by atoms with Gasteiger partial charge in [-0.3, -0.25) is 4.79 Å². The van der Waals surface area contributed by atoms with Crippen molar-refractivity contribution in [2.75, 3.05) is 0 Å². The molecule has 1 aromatic rings. The van der Waals surface area contributed by atoms with Crippen LogP contribution in [0.3, 0.4) is 0 Å². The van der Waals surface area contributed by atoms with Crippen molar-refractivity contribution in [3.8, 4) is 0 Å². The van der Waals surface area contributed by atoms with E-state index in [1.54, 1.807) is 6.92 Å². The second-order valence-electron chi connectivity index (χ2n) is 3.12. The zero-order chi connectivity index (χ0) is 10.6. The van der Waals surface area contributed by atoms with Crippen molar-refractivity contribution >= 4 is 11.5 Å². The molecule has 0 atom stereocenters. The van der Waals surface area contributed by atoms with Gasteiger partial charge in [0.2, 0.25) is 0 Å². The van der Waals surface area contributed by atoms with E-state index >= 15 is 0 Å². The first kappa shape index (κ1) is 10.3. The lowest BCUT2D eigenvalue weighted by Crippen LogP contribution is -1.87. The Kier molecular flexibility index (Phi) is 3.29. The molecular weight excluding hydrogens is 178 g/mol.